The van der Waals surface area contributed by atoms with E-state index in [1.165, 1.54) is 0 Å². The number of hydrogen-bond donors (Lipinski definition) is 0. The van der Waals surface area contributed by atoms with Crippen LogP contribution in [-0.4, -0.2) is 28.7 Å². The zero-order valence-corrected chi connectivity index (χ0v) is 15.1. The molecule has 1 saturated heterocycles. The third-order valence-corrected chi connectivity index (χ3v) is 5.13. The van der Waals surface area contributed by atoms with Gasteiger partial charge in [0, 0.05) is 30.9 Å². The van der Waals surface area contributed by atoms with Gasteiger partial charge in [-0.3, -0.25) is 14.3 Å². The Morgan fingerprint density at radius 1 is 1.43 bits per heavy atom. The van der Waals surface area contributed by atoms with Crippen molar-refractivity contribution in [3.05, 3.63) is 50.8 Å². The second-order valence-corrected chi connectivity index (χ2v) is 6.78. The highest BCUT2D eigenvalue weighted by Gasteiger charge is 2.23. The van der Waals surface area contributed by atoms with Gasteiger partial charge in [-0.15, -0.1) is 23.7 Å². The molecule has 0 N–H and O–H groups in total. The summed E-state index contributed by atoms with van der Waals surface area (Å²) in [7, 11) is 0. The van der Waals surface area contributed by atoms with Crippen molar-refractivity contribution in [2.75, 3.05) is 13.1 Å². The number of alkyl halides is 1. The largest absolute Gasteiger partial charge is 0.296 e. The summed E-state index contributed by atoms with van der Waals surface area (Å²) in [6.45, 7) is 5.90. The number of hydrogen-bond acceptors (Lipinski definition) is 3. The predicted molar refractivity (Wildman–Crippen MR) is 96.1 cm³/mol. The molecule has 0 bridgehead atoms. The monoisotopic (exact) mass is 356 g/mol. The molecule has 1 aliphatic rings. The average Bonchev–Trinajstić information content (AvgIpc) is 3.11. The standard InChI is InChI=1S/C17H21FN2OS.ClH/c1-3-15-13(10-19-7-6-14(18)11-19)9-12(2)20(17(15)21)16-5-4-8-22-16;/h4-5,8-9,14H,3,6-7,10-11H2,1-2H3;1H. The Morgan fingerprint density at radius 2 is 2.22 bits per heavy atom. The van der Waals surface area contributed by atoms with E-state index in [2.05, 4.69) is 11.0 Å². The molecule has 0 amide bonds. The predicted octanol–water partition coefficient (Wildman–Crippen LogP) is 3.74. The van der Waals surface area contributed by atoms with Crippen molar-refractivity contribution in [1.29, 1.82) is 0 Å². The van der Waals surface area contributed by atoms with Gasteiger partial charge in [-0.05, 0) is 48.9 Å². The molecule has 1 fully saturated rings. The molecular formula is C17H22ClFN2OS. The van der Waals surface area contributed by atoms with Crippen LogP contribution in [-0.2, 0) is 13.0 Å². The van der Waals surface area contributed by atoms with E-state index in [9.17, 15) is 9.18 Å². The Kier molecular flexibility index (Phi) is 6.00. The third kappa shape index (κ3) is 3.67. The van der Waals surface area contributed by atoms with E-state index in [4.69, 9.17) is 0 Å². The van der Waals surface area contributed by atoms with Crippen molar-refractivity contribution in [3.63, 3.8) is 0 Å². The molecule has 0 saturated carbocycles. The van der Waals surface area contributed by atoms with Gasteiger partial charge >= 0.3 is 0 Å². The summed E-state index contributed by atoms with van der Waals surface area (Å²) in [5, 5.41) is 2.93. The molecule has 1 aliphatic heterocycles. The van der Waals surface area contributed by atoms with Crippen LogP contribution in [0.5, 0.6) is 0 Å². The third-order valence-electron chi connectivity index (χ3n) is 4.27. The van der Waals surface area contributed by atoms with Gasteiger partial charge in [-0.25, -0.2) is 4.39 Å². The number of likely N-dealkylation sites (tertiary alicyclic amines) is 1. The zero-order chi connectivity index (χ0) is 15.7. The van der Waals surface area contributed by atoms with Crippen LogP contribution in [0, 0.1) is 6.92 Å². The SMILES string of the molecule is CCc1c(CN2CCC(F)C2)cc(C)n(-c2cccs2)c1=O.Cl. The first-order chi connectivity index (χ1) is 10.6. The maximum atomic E-state index is 13.4. The number of nitrogens with zero attached hydrogens (tertiary/aromatic N) is 2. The van der Waals surface area contributed by atoms with Crippen molar-refractivity contribution in [2.45, 2.75) is 39.4 Å². The van der Waals surface area contributed by atoms with Gasteiger partial charge in [0.05, 0.1) is 0 Å². The van der Waals surface area contributed by atoms with Crippen LogP contribution in [0.3, 0.4) is 0 Å². The fourth-order valence-electron chi connectivity index (χ4n) is 3.20. The van der Waals surface area contributed by atoms with Gasteiger partial charge in [0.2, 0.25) is 0 Å². The molecule has 0 aliphatic carbocycles. The second kappa shape index (κ2) is 7.60. The summed E-state index contributed by atoms with van der Waals surface area (Å²) < 4.78 is 15.1. The maximum absolute atomic E-state index is 13.4. The van der Waals surface area contributed by atoms with E-state index in [0.717, 1.165) is 28.4 Å². The molecule has 126 valence electrons. The molecule has 1 atom stereocenters. The Hall–Kier alpha value is -1.17. The highest BCUT2D eigenvalue weighted by molar-refractivity contribution is 7.12. The number of halogens is 2. The minimum atomic E-state index is -0.724. The van der Waals surface area contributed by atoms with E-state index in [0.29, 0.717) is 25.9 Å². The summed E-state index contributed by atoms with van der Waals surface area (Å²) in [5.41, 5.74) is 2.90. The lowest BCUT2D eigenvalue weighted by Crippen LogP contribution is -2.28. The first-order valence-electron chi connectivity index (χ1n) is 7.75. The molecule has 2 aromatic rings. The number of aryl methyl sites for hydroxylation is 1. The zero-order valence-electron chi connectivity index (χ0n) is 13.4. The normalized spacial score (nSPS) is 18.1. The molecule has 23 heavy (non-hydrogen) atoms. The van der Waals surface area contributed by atoms with Crippen molar-refractivity contribution >= 4 is 23.7 Å². The fourth-order valence-corrected chi connectivity index (χ4v) is 3.98. The summed E-state index contributed by atoms with van der Waals surface area (Å²) in [5.74, 6) is 0. The average molecular weight is 357 g/mol. The Bertz CT molecular complexity index is 714. The molecular weight excluding hydrogens is 335 g/mol. The van der Waals surface area contributed by atoms with E-state index in [1.807, 2.05) is 31.4 Å². The number of rotatable bonds is 4. The number of pyridine rings is 1. The van der Waals surface area contributed by atoms with Crippen molar-refractivity contribution in [3.8, 4) is 5.00 Å². The molecule has 3 nitrogen and oxygen atoms in total. The van der Waals surface area contributed by atoms with Crippen LogP contribution in [0.4, 0.5) is 4.39 Å². The summed E-state index contributed by atoms with van der Waals surface area (Å²) in [6, 6.07) is 6.01. The van der Waals surface area contributed by atoms with E-state index < -0.39 is 6.17 Å². The molecule has 3 heterocycles. The van der Waals surface area contributed by atoms with E-state index >= 15 is 0 Å². The van der Waals surface area contributed by atoms with Crippen molar-refractivity contribution in [2.24, 2.45) is 0 Å². The lowest BCUT2D eigenvalue weighted by atomic mass is 10.1. The number of aromatic nitrogens is 1. The molecule has 3 rings (SSSR count). The Labute approximate surface area is 146 Å². The van der Waals surface area contributed by atoms with Gasteiger partial charge in [0.15, 0.2) is 0 Å². The van der Waals surface area contributed by atoms with Gasteiger partial charge in [0.1, 0.15) is 11.2 Å². The summed E-state index contributed by atoms with van der Waals surface area (Å²) in [4.78, 5) is 15.0. The Balaban J connectivity index is 0.00000192. The molecule has 0 radical (unpaired) electrons. The van der Waals surface area contributed by atoms with Crippen LogP contribution in [0.25, 0.3) is 5.00 Å². The van der Waals surface area contributed by atoms with Crippen molar-refractivity contribution in [1.82, 2.24) is 9.47 Å². The lowest BCUT2D eigenvalue weighted by molar-refractivity contribution is 0.281. The van der Waals surface area contributed by atoms with Crippen LogP contribution >= 0.6 is 23.7 Å². The first-order valence-corrected chi connectivity index (χ1v) is 8.62. The Morgan fingerprint density at radius 3 is 2.78 bits per heavy atom. The lowest BCUT2D eigenvalue weighted by Gasteiger charge is -2.19. The van der Waals surface area contributed by atoms with Gasteiger partial charge in [-0.2, -0.15) is 0 Å². The minimum absolute atomic E-state index is 0. The highest BCUT2D eigenvalue weighted by Crippen LogP contribution is 2.21. The highest BCUT2D eigenvalue weighted by atomic mass is 35.5. The topological polar surface area (TPSA) is 25.2 Å². The smallest absolute Gasteiger partial charge is 0.259 e. The summed E-state index contributed by atoms with van der Waals surface area (Å²) >= 11 is 1.57. The summed E-state index contributed by atoms with van der Waals surface area (Å²) in [6.07, 6.45) is 0.581. The minimum Gasteiger partial charge on any atom is -0.296 e. The van der Waals surface area contributed by atoms with E-state index in [-0.39, 0.29) is 18.0 Å². The molecule has 6 heteroatoms. The fraction of sp³-hybridized carbons (Fsp3) is 0.471. The van der Waals surface area contributed by atoms with Gasteiger partial charge < -0.3 is 0 Å². The van der Waals surface area contributed by atoms with Gasteiger partial charge in [-0.1, -0.05) is 6.92 Å². The van der Waals surface area contributed by atoms with Crippen molar-refractivity contribution < 1.29 is 4.39 Å². The number of thiophene rings is 1. The van der Waals surface area contributed by atoms with Crippen LogP contribution in [0.2, 0.25) is 0 Å². The van der Waals surface area contributed by atoms with Gasteiger partial charge in [0.25, 0.3) is 5.56 Å². The van der Waals surface area contributed by atoms with Crippen LogP contribution in [0.1, 0.15) is 30.2 Å². The van der Waals surface area contributed by atoms with Crippen LogP contribution < -0.4 is 5.56 Å². The quantitative estimate of drug-likeness (QED) is 0.833. The maximum Gasteiger partial charge on any atom is 0.259 e. The molecule has 0 aromatic carbocycles. The van der Waals surface area contributed by atoms with Crippen LogP contribution in [0.15, 0.2) is 28.4 Å². The first kappa shape index (κ1) is 18.2. The molecule has 0 spiro atoms. The molecule has 1 unspecified atom stereocenters. The van der Waals surface area contributed by atoms with E-state index in [1.54, 1.807) is 15.9 Å². The molecule has 2 aromatic heterocycles. The second-order valence-electron chi connectivity index (χ2n) is 5.86.